The van der Waals surface area contributed by atoms with Crippen molar-refractivity contribution in [1.29, 1.82) is 0 Å². The molecule has 5 nitrogen and oxygen atoms in total. The van der Waals surface area contributed by atoms with E-state index in [0.29, 0.717) is 17.7 Å². The Labute approximate surface area is 168 Å². The number of rotatable bonds is 15. The SMILES string of the molecule is C=CCCCCCCCCCNC(=O)CCCC[C@@H]1SC[C@@H]2NC(=O)N[C@@H]21. The third-order valence-corrected chi connectivity index (χ3v) is 7.00. The maximum atomic E-state index is 11.9. The van der Waals surface area contributed by atoms with E-state index in [2.05, 4.69) is 22.5 Å². The molecule has 3 N–H and O–H groups in total. The van der Waals surface area contributed by atoms with Gasteiger partial charge in [-0.05, 0) is 32.1 Å². The van der Waals surface area contributed by atoms with Gasteiger partial charge < -0.3 is 16.0 Å². The number of thioether (sulfide) groups is 1. The Hall–Kier alpha value is -1.17. The molecule has 0 saturated carbocycles. The second-order valence-corrected chi connectivity index (χ2v) is 9.04. The summed E-state index contributed by atoms with van der Waals surface area (Å²) < 4.78 is 0. The van der Waals surface area contributed by atoms with Gasteiger partial charge in [-0.3, -0.25) is 4.79 Å². The lowest BCUT2D eigenvalue weighted by molar-refractivity contribution is -0.121. The van der Waals surface area contributed by atoms with Gasteiger partial charge in [-0.25, -0.2) is 4.79 Å². The fourth-order valence-electron chi connectivity index (χ4n) is 3.89. The van der Waals surface area contributed by atoms with Crippen molar-refractivity contribution in [1.82, 2.24) is 16.0 Å². The second kappa shape index (κ2) is 13.1. The van der Waals surface area contributed by atoms with Crippen LogP contribution in [0.4, 0.5) is 4.79 Å². The smallest absolute Gasteiger partial charge is 0.315 e. The van der Waals surface area contributed by atoms with Crippen LogP contribution in [0.5, 0.6) is 0 Å². The Morgan fingerprint density at radius 2 is 1.81 bits per heavy atom. The maximum Gasteiger partial charge on any atom is 0.315 e. The summed E-state index contributed by atoms with van der Waals surface area (Å²) in [6.45, 7) is 4.56. The van der Waals surface area contributed by atoms with Crippen LogP contribution >= 0.6 is 11.8 Å². The molecule has 0 aromatic heterocycles. The van der Waals surface area contributed by atoms with Crippen LogP contribution in [-0.2, 0) is 4.79 Å². The quantitative estimate of drug-likeness (QED) is 0.222. The van der Waals surface area contributed by atoms with Gasteiger partial charge in [0.15, 0.2) is 0 Å². The molecular weight excluding hydrogens is 358 g/mol. The predicted molar refractivity (Wildman–Crippen MR) is 114 cm³/mol. The zero-order valence-corrected chi connectivity index (χ0v) is 17.5. The highest BCUT2D eigenvalue weighted by molar-refractivity contribution is 8.00. The van der Waals surface area contributed by atoms with E-state index in [9.17, 15) is 9.59 Å². The third-order valence-electron chi connectivity index (χ3n) is 5.49. The lowest BCUT2D eigenvalue weighted by Gasteiger charge is -2.16. The van der Waals surface area contributed by atoms with E-state index in [4.69, 9.17) is 0 Å². The number of allylic oxidation sites excluding steroid dienone is 1. The minimum atomic E-state index is -0.0256. The molecule has 0 aromatic rings. The first kappa shape index (κ1) is 22.1. The molecule has 0 aliphatic carbocycles. The summed E-state index contributed by atoms with van der Waals surface area (Å²) in [4.78, 5) is 23.3. The van der Waals surface area contributed by atoms with Gasteiger partial charge in [-0.15, -0.1) is 6.58 Å². The molecule has 3 amide bonds. The van der Waals surface area contributed by atoms with Gasteiger partial charge in [0.25, 0.3) is 0 Å². The summed E-state index contributed by atoms with van der Waals surface area (Å²) in [5.74, 6) is 1.19. The van der Waals surface area contributed by atoms with E-state index in [-0.39, 0.29) is 18.0 Å². The largest absolute Gasteiger partial charge is 0.356 e. The Bertz CT molecular complexity index is 472. The van der Waals surface area contributed by atoms with Crippen LogP contribution in [0.25, 0.3) is 0 Å². The first-order valence-corrected chi connectivity index (χ1v) is 11.8. The molecule has 2 aliphatic heterocycles. The first-order valence-electron chi connectivity index (χ1n) is 10.8. The molecule has 0 aromatic carbocycles. The van der Waals surface area contributed by atoms with E-state index >= 15 is 0 Å². The molecule has 2 aliphatic rings. The first-order chi connectivity index (χ1) is 13.2. The maximum absolute atomic E-state index is 11.9. The van der Waals surface area contributed by atoms with Crippen molar-refractivity contribution in [3.63, 3.8) is 0 Å². The Morgan fingerprint density at radius 1 is 1.07 bits per heavy atom. The molecule has 2 saturated heterocycles. The Kier molecular flexibility index (Phi) is 10.7. The van der Waals surface area contributed by atoms with Crippen molar-refractivity contribution in [2.75, 3.05) is 12.3 Å². The molecule has 2 fully saturated rings. The van der Waals surface area contributed by atoms with Crippen molar-refractivity contribution < 1.29 is 9.59 Å². The van der Waals surface area contributed by atoms with Crippen molar-refractivity contribution in [3.8, 4) is 0 Å². The van der Waals surface area contributed by atoms with E-state index in [1.165, 1.54) is 38.5 Å². The second-order valence-electron chi connectivity index (χ2n) is 7.77. The monoisotopic (exact) mass is 395 g/mol. The molecule has 2 rings (SSSR count). The molecule has 154 valence electrons. The topological polar surface area (TPSA) is 70.2 Å². The summed E-state index contributed by atoms with van der Waals surface area (Å²) in [5, 5.41) is 9.54. The van der Waals surface area contributed by atoms with Gasteiger partial charge in [0.2, 0.25) is 5.91 Å². The third kappa shape index (κ3) is 8.58. The molecule has 0 spiro atoms. The van der Waals surface area contributed by atoms with Crippen molar-refractivity contribution >= 4 is 23.7 Å². The van der Waals surface area contributed by atoms with E-state index in [0.717, 1.165) is 44.4 Å². The number of urea groups is 1. The zero-order valence-electron chi connectivity index (χ0n) is 16.6. The molecule has 0 unspecified atom stereocenters. The number of carbonyl (C=O) groups excluding carboxylic acids is 2. The number of nitrogens with one attached hydrogen (secondary N) is 3. The highest BCUT2D eigenvalue weighted by Gasteiger charge is 2.42. The normalized spacial score (nSPS) is 23.6. The lowest BCUT2D eigenvalue weighted by Crippen LogP contribution is -2.36. The Balaban J connectivity index is 1.37. The van der Waals surface area contributed by atoms with Gasteiger partial charge in [0, 0.05) is 24.0 Å². The summed E-state index contributed by atoms with van der Waals surface area (Å²) in [5.41, 5.74) is 0. The predicted octanol–water partition coefficient (Wildman–Crippen LogP) is 4.14. The van der Waals surface area contributed by atoms with Crippen LogP contribution in [0.3, 0.4) is 0 Å². The molecule has 0 bridgehead atoms. The van der Waals surface area contributed by atoms with Gasteiger partial charge in [-0.2, -0.15) is 11.8 Å². The highest BCUT2D eigenvalue weighted by atomic mass is 32.2. The number of hydrogen-bond donors (Lipinski definition) is 3. The van der Waals surface area contributed by atoms with Gasteiger partial charge in [0.1, 0.15) is 0 Å². The van der Waals surface area contributed by atoms with E-state index in [1.807, 2.05) is 17.8 Å². The van der Waals surface area contributed by atoms with Gasteiger partial charge >= 0.3 is 6.03 Å². The number of carbonyl (C=O) groups is 2. The van der Waals surface area contributed by atoms with Crippen LogP contribution in [0.15, 0.2) is 12.7 Å². The van der Waals surface area contributed by atoms with E-state index in [1.54, 1.807) is 0 Å². The fourth-order valence-corrected chi connectivity index (χ4v) is 5.43. The minimum absolute atomic E-state index is 0.0256. The van der Waals surface area contributed by atoms with Gasteiger partial charge in [0.05, 0.1) is 12.1 Å². The van der Waals surface area contributed by atoms with Gasteiger partial charge in [-0.1, -0.05) is 44.6 Å². The van der Waals surface area contributed by atoms with Crippen LogP contribution in [-0.4, -0.2) is 41.6 Å². The number of amides is 3. The molecule has 27 heavy (non-hydrogen) atoms. The zero-order chi connectivity index (χ0) is 19.3. The summed E-state index contributed by atoms with van der Waals surface area (Å²) in [7, 11) is 0. The van der Waals surface area contributed by atoms with Crippen LogP contribution in [0.2, 0.25) is 0 Å². The Morgan fingerprint density at radius 3 is 2.59 bits per heavy atom. The lowest BCUT2D eigenvalue weighted by atomic mass is 10.0. The number of fused-ring (bicyclic) bond motifs is 1. The standard InChI is InChI=1S/C21H37N3O2S/c1-2-3-4-5-6-7-8-9-12-15-22-19(25)14-11-10-13-18-20-17(16-27-18)23-21(26)24-20/h2,17-18,20H,1,3-16H2,(H,22,25)(H2,23,24,26)/t17-,18-,20-/m0/s1. The van der Waals surface area contributed by atoms with Crippen molar-refractivity contribution in [3.05, 3.63) is 12.7 Å². The summed E-state index contributed by atoms with van der Waals surface area (Å²) in [6.07, 6.45) is 15.6. The number of hydrogen-bond acceptors (Lipinski definition) is 3. The average molecular weight is 396 g/mol. The van der Waals surface area contributed by atoms with E-state index < -0.39 is 0 Å². The number of unbranched alkanes of at least 4 members (excludes halogenated alkanes) is 8. The molecule has 2 heterocycles. The molecule has 6 heteroatoms. The van der Waals surface area contributed by atoms with Crippen LogP contribution in [0, 0.1) is 0 Å². The summed E-state index contributed by atoms with van der Waals surface area (Å²) >= 11 is 1.94. The van der Waals surface area contributed by atoms with Crippen LogP contribution in [0.1, 0.15) is 77.0 Å². The average Bonchev–Trinajstić information content (AvgIpc) is 3.20. The molecular formula is C21H37N3O2S. The highest BCUT2D eigenvalue weighted by Crippen LogP contribution is 2.33. The molecule has 3 atom stereocenters. The minimum Gasteiger partial charge on any atom is -0.356 e. The fraction of sp³-hybridized carbons (Fsp3) is 0.810. The van der Waals surface area contributed by atoms with Crippen molar-refractivity contribution in [2.45, 2.75) is 94.4 Å². The van der Waals surface area contributed by atoms with Crippen molar-refractivity contribution in [2.24, 2.45) is 0 Å². The molecule has 0 radical (unpaired) electrons. The summed E-state index contributed by atoms with van der Waals surface area (Å²) in [6, 6.07) is 0.545. The van der Waals surface area contributed by atoms with Crippen LogP contribution < -0.4 is 16.0 Å².